The van der Waals surface area contributed by atoms with E-state index in [9.17, 15) is 0 Å². The Balaban J connectivity index is 1.45. The van der Waals surface area contributed by atoms with Crippen molar-refractivity contribution in [2.24, 2.45) is 0 Å². The van der Waals surface area contributed by atoms with E-state index in [4.69, 9.17) is 4.42 Å². The van der Waals surface area contributed by atoms with Crippen molar-refractivity contribution in [1.82, 2.24) is 20.1 Å². The predicted octanol–water partition coefficient (Wildman–Crippen LogP) is 3.20. The van der Waals surface area contributed by atoms with Crippen molar-refractivity contribution < 1.29 is 4.42 Å². The summed E-state index contributed by atoms with van der Waals surface area (Å²) < 4.78 is 7.71. The molecule has 0 unspecified atom stereocenters. The van der Waals surface area contributed by atoms with Crippen molar-refractivity contribution in [2.75, 3.05) is 6.54 Å². The molecule has 0 amide bonds. The zero-order valence-electron chi connectivity index (χ0n) is 13.1. The Bertz CT molecular complexity index is 671. The molecule has 1 N–H and O–H groups in total. The van der Waals surface area contributed by atoms with Crippen molar-refractivity contribution in [3.8, 4) is 0 Å². The minimum atomic E-state index is 0.333. The molecule has 2 atom stereocenters. The highest BCUT2D eigenvalue weighted by atomic mass is 16.3. The van der Waals surface area contributed by atoms with Gasteiger partial charge in [0, 0.05) is 24.9 Å². The van der Waals surface area contributed by atoms with Crippen molar-refractivity contribution in [2.45, 2.75) is 38.8 Å². The second-order valence-corrected chi connectivity index (χ2v) is 5.65. The summed E-state index contributed by atoms with van der Waals surface area (Å²) >= 11 is 0. The normalized spacial score (nSPS) is 14.3. The van der Waals surface area contributed by atoms with E-state index in [2.05, 4.69) is 29.2 Å². The molecule has 0 fully saturated rings. The van der Waals surface area contributed by atoms with E-state index in [-0.39, 0.29) is 0 Å². The highest BCUT2D eigenvalue weighted by Crippen LogP contribution is 2.15. The maximum absolute atomic E-state index is 5.73. The fourth-order valence-electron chi connectivity index (χ4n) is 2.52. The van der Waals surface area contributed by atoms with Crippen LogP contribution in [-0.4, -0.2) is 27.4 Å². The Kier molecular flexibility index (Phi) is 4.53. The van der Waals surface area contributed by atoms with Crippen LogP contribution in [0, 0.1) is 0 Å². The predicted molar refractivity (Wildman–Crippen MR) is 86.7 cm³/mol. The number of para-hydroxylation sites is 2. The standard InChI is InChI=1S/C17H22N4O/c1-13(14(2)21-12-6-11-19-21)18-10-5-9-17-20-15-7-3-4-8-16(15)22-17/h3-4,6-8,11-14,18H,5,9-10H2,1-2H3/t13-,14-/m0/s1. The topological polar surface area (TPSA) is 55.9 Å². The third-order valence-corrected chi connectivity index (χ3v) is 4.04. The van der Waals surface area contributed by atoms with Crippen molar-refractivity contribution in [3.63, 3.8) is 0 Å². The van der Waals surface area contributed by atoms with Gasteiger partial charge in [0.2, 0.25) is 0 Å². The number of fused-ring (bicyclic) bond motifs is 1. The van der Waals surface area contributed by atoms with Crippen LogP contribution >= 0.6 is 0 Å². The smallest absolute Gasteiger partial charge is 0.195 e. The molecule has 0 aliphatic heterocycles. The molecule has 2 heterocycles. The number of aromatic nitrogens is 3. The third-order valence-electron chi connectivity index (χ3n) is 4.04. The quantitative estimate of drug-likeness (QED) is 0.681. The summed E-state index contributed by atoms with van der Waals surface area (Å²) in [6.45, 7) is 5.29. The largest absolute Gasteiger partial charge is 0.441 e. The first-order chi connectivity index (χ1) is 10.7. The van der Waals surface area contributed by atoms with Crippen LogP contribution in [0.15, 0.2) is 47.1 Å². The lowest BCUT2D eigenvalue weighted by Gasteiger charge is -2.21. The van der Waals surface area contributed by atoms with E-state index in [1.807, 2.05) is 47.4 Å². The Morgan fingerprint density at radius 3 is 2.86 bits per heavy atom. The summed E-state index contributed by atoms with van der Waals surface area (Å²) in [6, 6.07) is 10.5. The molecular formula is C17H22N4O. The number of nitrogens with zero attached hydrogens (tertiary/aromatic N) is 3. The van der Waals surface area contributed by atoms with Crippen LogP contribution in [0.1, 0.15) is 32.2 Å². The van der Waals surface area contributed by atoms with E-state index in [0.717, 1.165) is 36.4 Å². The van der Waals surface area contributed by atoms with Crippen LogP contribution in [0.2, 0.25) is 0 Å². The molecule has 3 rings (SSSR count). The van der Waals surface area contributed by atoms with E-state index in [1.54, 1.807) is 0 Å². The van der Waals surface area contributed by atoms with Gasteiger partial charge in [0.25, 0.3) is 0 Å². The minimum absolute atomic E-state index is 0.333. The van der Waals surface area contributed by atoms with Gasteiger partial charge in [-0.05, 0) is 45.0 Å². The molecule has 1 aromatic carbocycles. The molecule has 0 aliphatic rings. The number of oxazole rings is 1. The molecule has 5 heteroatoms. The zero-order valence-corrected chi connectivity index (χ0v) is 13.1. The first-order valence-corrected chi connectivity index (χ1v) is 7.81. The summed E-state index contributed by atoms with van der Waals surface area (Å²) in [5.74, 6) is 0.816. The van der Waals surface area contributed by atoms with Gasteiger partial charge in [-0.2, -0.15) is 5.10 Å². The Labute approximate surface area is 130 Å². The minimum Gasteiger partial charge on any atom is -0.441 e. The van der Waals surface area contributed by atoms with Gasteiger partial charge in [0.1, 0.15) is 5.52 Å². The number of nitrogens with one attached hydrogen (secondary N) is 1. The molecular weight excluding hydrogens is 276 g/mol. The van der Waals surface area contributed by atoms with Crippen molar-refractivity contribution in [1.29, 1.82) is 0 Å². The first kappa shape index (κ1) is 14.8. The summed E-state index contributed by atoms with van der Waals surface area (Å²) in [5, 5.41) is 7.83. The SMILES string of the molecule is C[C@H](NCCCc1nc2ccccc2o1)[C@H](C)n1cccn1. The fourth-order valence-corrected chi connectivity index (χ4v) is 2.52. The summed E-state index contributed by atoms with van der Waals surface area (Å²) in [4.78, 5) is 4.50. The number of hydrogen-bond acceptors (Lipinski definition) is 4. The lowest BCUT2D eigenvalue weighted by molar-refractivity contribution is 0.363. The van der Waals surface area contributed by atoms with Crippen LogP contribution in [-0.2, 0) is 6.42 Å². The van der Waals surface area contributed by atoms with Gasteiger partial charge in [-0.1, -0.05) is 12.1 Å². The third kappa shape index (κ3) is 3.36. The fraction of sp³-hybridized carbons (Fsp3) is 0.412. The average molecular weight is 298 g/mol. The second kappa shape index (κ2) is 6.75. The van der Waals surface area contributed by atoms with Gasteiger partial charge in [0.15, 0.2) is 11.5 Å². The van der Waals surface area contributed by atoms with Crippen LogP contribution in [0.4, 0.5) is 0 Å². The lowest BCUT2D eigenvalue weighted by atomic mass is 10.1. The molecule has 0 bridgehead atoms. The van der Waals surface area contributed by atoms with E-state index in [1.165, 1.54) is 0 Å². The molecule has 2 aromatic heterocycles. The van der Waals surface area contributed by atoms with Gasteiger partial charge in [0.05, 0.1) is 6.04 Å². The first-order valence-electron chi connectivity index (χ1n) is 7.81. The average Bonchev–Trinajstić information content (AvgIpc) is 3.19. The molecule has 5 nitrogen and oxygen atoms in total. The van der Waals surface area contributed by atoms with Gasteiger partial charge in [-0.15, -0.1) is 0 Å². The van der Waals surface area contributed by atoms with Gasteiger partial charge in [-0.3, -0.25) is 4.68 Å². The van der Waals surface area contributed by atoms with Crippen LogP contribution in [0.3, 0.4) is 0 Å². The van der Waals surface area contributed by atoms with Crippen LogP contribution < -0.4 is 5.32 Å². The maximum Gasteiger partial charge on any atom is 0.195 e. The molecule has 22 heavy (non-hydrogen) atoms. The van der Waals surface area contributed by atoms with Crippen LogP contribution in [0.25, 0.3) is 11.1 Å². The Morgan fingerprint density at radius 2 is 2.09 bits per heavy atom. The molecule has 0 saturated carbocycles. The maximum atomic E-state index is 5.73. The monoisotopic (exact) mass is 298 g/mol. The zero-order chi connectivity index (χ0) is 15.4. The molecule has 116 valence electrons. The molecule has 0 aliphatic carbocycles. The number of rotatable bonds is 7. The lowest BCUT2D eigenvalue weighted by Crippen LogP contribution is -2.34. The second-order valence-electron chi connectivity index (χ2n) is 5.65. The van der Waals surface area contributed by atoms with E-state index >= 15 is 0 Å². The van der Waals surface area contributed by atoms with Crippen LogP contribution in [0.5, 0.6) is 0 Å². The van der Waals surface area contributed by atoms with Gasteiger partial charge >= 0.3 is 0 Å². The number of hydrogen-bond donors (Lipinski definition) is 1. The summed E-state index contributed by atoms with van der Waals surface area (Å²) in [6.07, 6.45) is 5.67. The summed E-state index contributed by atoms with van der Waals surface area (Å²) in [5.41, 5.74) is 1.80. The van der Waals surface area contributed by atoms with Gasteiger partial charge < -0.3 is 9.73 Å². The molecule has 3 aromatic rings. The summed E-state index contributed by atoms with van der Waals surface area (Å²) in [7, 11) is 0. The number of benzene rings is 1. The van der Waals surface area contributed by atoms with Gasteiger partial charge in [-0.25, -0.2) is 4.98 Å². The molecule has 0 spiro atoms. The highest BCUT2D eigenvalue weighted by Gasteiger charge is 2.13. The molecule has 0 saturated heterocycles. The Hall–Kier alpha value is -2.14. The van der Waals surface area contributed by atoms with Crippen molar-refractivity contribution >= 4 is 11.1 Å². The molecule has 0 radical (unpaired) electrons. The van der Waals surface area contributed by atoms with Crippen molar-refractivity contribution in [3.05, 3.63) is 48.6 Å². The number of aryl methyl sites for hydroxylation is 1. The highest BCUT2D eigenvalue weighted by molar-refractivity contribution is 5.72. The Morgan fingerprint density at radius 1 is 1.23 bits per heavy atom. The van der Waals surface area contributed by atoms with E-state index < -0.39 is 0 Å². The van der Waals surface area contributed by atoms with E-state index in [0.29, 0.717) is 12.1 Å².